The highest BCUT2D eigenvalue weighted by Crippen LogP contribution is 2.21. The molecular weight excluding hydrogens is 177 g/mol. The van der Waals surface area contributed by atoms with Crippen molar-refractivity contribution in [1.82, 2.24) is 0 Å². The molecule has 0 saturated carbocycles. The van der Waals surface area contributed by atoms with Crippen LogP contribution in [0.4, 0.5) is 4.39 Å². The van der Waals surface area contributed by atoms with Crippen LogP contribution in [0.15, 0.2) is 17.1 Å². The Hall–Kier alpha value is -0.890. The highest BCUT2D eigenvalue weighted by Gasteiger charge is 2.11. The van der Waals surface area contributed by atoms with Crippen molar-refractivity contribution < 1.29 is 4.39 Å². The SMILES string of the molecule is Fc1cc(Cl)cc2c1CCN=C2. The number of benzene rings is 1. The van der Waals surface area contributed by atoms with Crippen molar-refractivity contribution in [3.8, 4) is 0 Å². The lowest BCUT2D eigenvalue weighted by Gasteiger charge is -2.10. The summed E-state index contributed by atoms with van der Waals surface area (Å²) in [7, 11) is 0. The molecule has 0 atom stereocenters. The summed E-state index contributed by atoms with van der Waals surface area (Å²) in [6.07, 6.45) is 2.35. The Labute approximate surface area is 74.9 Å². The van der Waals surface area contributed by atoms with Gasteiger partial charge >= 0.3 is 0 Å². The van der Waals surface area contributed by atoms with Crippen molar-refractivity contribution in [2.75, 3.05) is 6.54 Å². The van der Waals surface area contributed by atoms with Gasteiger partial charge in [-0.3, -0.25) is 4.99 Å². The monoisotopic (exact) mass is 183 g/mol. The third kappa shape index (κ3) is 1.23. The van der Waals surface area contributed by atoms with Gasteiger partial charge in [0.05, 0.1) is 0 Å². The zero-order valence-electron chi connectivity index (χ0n) is 6.35. The molecule has 1 aliphatic heterocycles. The van der Waals surface area contributed by atoms with E-state index in [4.69, 9.17) is 11.6 Å². The maximum Gasteiger partial charge on any atom is 0.128 e. The zero-order chi connectivity index (χ0) is 8.55. The first kappa shape index (κ1) is 7.74. The molecule has 1 aliphatic rings. The number of fused-ring (bicyclic) bond motifs is 1. The van der Waals surface area contributed by atoms with Gasteiger partial charge < -0.3 is 0 Å². The van der Waals surface area contributed by atoms with Crippen LogP contribution < -0.4 is 0 Å². The minimum absolute atomic E-state index is 0.219. The predicted molar refractivity (Wildman–Crippen MR) is 47.6 cm³/mol. The highest BCUT2D eigenvalue weighted by molar-refractivity contribution is 6.30. The van der Waals surface area contributed by atoms with Crippen LogP contribution in [0.1, 0.15) is 11.1 Å². The standard InChI is InChI=1S/C9H7ClFN/c10-7-3-6-5-12-2-1-8(6)9(11)4-7/h3-5H,1-2H2. The van der Waals surface area contributed by atoms with Gasteiger partial charge in [0, 0.05) is 17.8 Å². The number of rotatable bonds is 0. The first-order valence-electron chi connectivity index (χ1n) is 3.75. The van der Waals surface area contributed by atoms with Crippen LogP contribution in [0, 0.1) is 5.82 Å². The lowest BCUT2D eigenvalue weighted by molar-refractivity contribution is 0.608. The average molecular weight is 184 g/mol. The van der Waals surface area contributed by atoms with Gasteiger partial charge in [-0.1, -0.05) is 11.6 Å². The summed E-state index contributed by atoms with van der Waals surface area (Å²) in [6, 6.07) is 3.09. The van der Waals surface area contributed by atoms with Gasteiger partial charge in [-0.2, -0.15) is 0 Å². The number of halogens is 2. The largest absolute Gasteiger partial charge is 0.292 e. The average Bonchev–Trinajstić information content (AvgIpc) is 2.04. The van der Waals surface area contributed by atoms with Crippen LogP contribution in [0.2, 0.25) is 5.02 Å². The molecule has 0 unspecified atom stereocenters. The second kappa shape index (κ2) is 2.87. The molecule has 3 heteroatoms. The fraction of sp³-hybridized carbons (Fsp3) is 0.222. The molecule has 1 heterocycles. The highest BCUT2D eigenvalue weighted by atomic mass is 35.5. The summed E-state index contributed by atoms with van der Waals surface area (Å²) in [5.74, 6) is -0.219. The van der Waals surface area contributed by atoms with Crippen LogP contribution in [-0.2, 0) is 6.42 Å². The Morgan fingerprint density at radius 1 is 1.42 bits per heavy atom. The van der Waals surface area contributed by atoms with Crippen molar-refractivity contribution in [3.63, 3.8) is 0 Å². The van der Waals surface area contributed by atoms with E-state index >= 15 is 0 Å². The Morgan fingerprint density at radius 2 is 2.25 bits per heavy atom. The van der Waals surface area contributed by atoms with Crippen LogP contribution in [0.3, 0.4) is 0 Å². The van der Waals surface area contributed by atoms with E-state index in [1.54, 1.807) is 12.3 Å². The maximum absolute atomic E-state index is 13.2. The fourth-order valence-electron chi connectivity index (χ4n) is 1.34. The molecule has 0 fully saturated rings. The number of aliphatic imine (C=N–C) groups is 1. The van der Waals surface area contributed by atoms with E-state index in [2.05, 4.69) is 4.99 Å². The summed E-state index contributed by atoms with van der Waals surface area (Å²) in [6.45, 7) is 0.672. The molecule has 0 saturated heterocycles. The van der Waals surface area contributed by atoms with Crippen molar-refractivity contribution in [1.29, 1.82) is 0 Å². The Bertz CT molecular complexity index is 347. The Kier molecular flexibility index (Phi) is 1.85. The summed E-state index contributed by atoms with van der Waals surface area (Å²) in [5.41, 5.74) is 1.54. The van der Waals surface area contributed by atoms with Crippen LogP contribution in [-0.4, -0.2) is 12.8 Å². The molecule has 2 rings (SSSR count). The third-order valence-electron chi connectivity index (χ3n) is 1.92. The van der Waals surface area contributed by atoms with E-state index < -0.39 is 0 Å². The Balaban J connectivity index is 2.62. The minimum Gasteiger partial charge on any atom is -0.292 e. The molecule has 0 bridgehead atoms. The van der Waals surface area contributed by atoms with Gasteiger partial charge in [0.1, 0.15) is 5.82 Å². The number of hydrogen-bond donors (Lipinski definition) is 0. The first-order valence-corrected chi connectivity index (χ1v) is 4.13. The maximum atomic E-state index is 13.2. The lowest BCUT2D eigenvalue weighted by atomic mass is 10.0. The topological polar surface area (TPSA) is 12.4 Å². The van der Waals surface area contributed by atoms with Crippen molar-refractivity contribution in [2.24, 2.45) is 4.99 Å². The van der Waals surface area contributed by atoms with Crippen LogP contribution in [0.25, 0.3) is 0 Å². The summed E-state index contributed by atoms with van der Waals surface area (Å²) >= 11 is 5.68. The molecule has 0 radical (unpaired) electrons. The predicted octanol–water partition coefficient (Wildman–Crippen LogP) is 2.45. The molecular formula is C9H7ClFN. The van der Waals surface area contributed by atoms with Crippen molar-refractivity contribution in [2.45, 2.75) is 6.42 Å². The molecule has 0 aromatic heterocycles. The minimum atomic E-state index is -0.219. The molecule has 0 aliphatic carbocycles. The molecule has 0 N–H and O–H groups in total. The molecule has 0 amide bonds. The molecule has 12 heavy (non-hydrogen) atoms. The molecule has 1 aromatic carbocycles. The quantitative estimate of drug-likeness (QED) is 0.586. The van der Waals surface area contributed by atoms with Gasteiger partial charge in [0.25, 0.3) is 0 Å². The zero-order valence-corrected chi connectivity index (χ0v) is 7.11. The van der Waals surface area contributed by atoms with E-state index in [1.165, 1.54) is 6.07 Å². The van der Waals surface area contributed by atoms with Gasteiger partial charge in [-0.15, -0.1) is 0 Å². The third-order valence-corrected chi connectivity index (χ3v) is 2.13. The fourth-order valence-corrected chi connectivity index (χ4v) is 1.55. The van der Waals surface area contributed by atoms with Gasteiger partial charge in [-0.05, 0) is 29.7 Å². The molecule has 1 aromatic rings. The normalized spacial score (nSPS) is 14.5. The van der Waals surface area contributed by atoms with Gasteiger partial charge in [-0.25, -0.2) is 4.39 Å². The lowest BCUT2D eigenvalue weighted by Crippen LogP contribution is -2.05. The first-order chi connectivity index (χ1) is 5.77. The van der Waals surface area contributed by atoms with Gasteiger partial charge in [0.15, 0.2) is 0 Å². The van der Waals surface area contributed by atoms with E-state index in [9.17, 15) is 4.39 Å². The van der Waals surface area contributed by atoms with Crippen molar-refractivity contribution in [3.05, 3.63) is 34.1 Å². The van der Waals surface area contributed by atoms with Gasteiger partial charge in [0.2, 0.25) is 0 Å². The molecule has 1 nitrogen and oxygen atoms in total. The van der Waals surface area contributed by atoms with Crippen LogP contribution in [0.5, 0.6) is 0 Å². The summed E-state index contributed by atoms with van der Waals surface area (Å²) in [4.78, 5) is 4.05. The smallest absolute Gasteiger partial charge is 0.128 e. The summed E-state index contributed by atoms with van der Waals surface area (Å²) < 4.78 is 13.2. The second-order valence-electron chi connectivity index (χ2n) is 2.74. The van der Waals surface area contributed by atoms with Crippen molar-refractivity contribution >= 4 is 17.8 Å². The second-order valence-corrected chi connectivity index (χ2v) is 3.18. The molecule has 62 valence electrons. The van der Waals surface area contributed by atoms with Crippen LogP contribution >= 0.6 is 11.6 Å². The van der Waals surface area contributed by atoms with E-state index in [0.29, 0.717) is 18.0 Å². The van der Waals surface area contributed by atoms with E-state index in [0.717, 1.165) is 11.1 Å². The molecule has 0 spiro atoms. The summed E-state index contributed by atoms with van der Waals surface area (Å²) in [5, 5.41) is 0.430. The van der Waals surface area contributed by atoms with E-state index in [1.807, 2.05) is 0 Å². The number of nitrogens with zero attached hydrogens (tertiary/aromatic N) is 1. The Morgan fingerprint density at radius 3 is 3.08 bits per heavy atom. The number of hydrogen-bond acceptors (Lipinski definition) is 1. The van der Waals surface area contributed by atoms with E-state index in [-0.39, 0.29) is 5.82 Å².